The van der Waals surface area contributed by atoms with Gasteiger partial charge in [-0.05, 0) is 60.9 Å². The average Bonchev–Trinajstić information content (AvgIpc) is 2.90. The molecule has 2 amide bonds. The van der Waals surface area contributed by atoms with Crippen molar-refractivity contribution in [2.24, 2.45) is 0 Å². The molecule has 3 aromatic carbocycles. The number of carbonyl (C=O) groups is 2. The summed E-state index contributed by atoms with van der Waals surface area (Å²) in [6, 6.07) is 20.8. The van der Waals surface area contributed by atoms with Gasteiger partial charge in [0.1, 0.15) is 11.9 Å². The second-order valence-corrected chi connectivity index (χ2v) is 11.5. The van der Waals surface area contributed by atoms with Gasteiger partial charge < -0.3 is 10.2 Å². The molecule has 0 spiro atoms. The van der Waals surface area contributed by atoms with Crippen LogP contribution in [0.15, 0.2) is 78.9 Å². The van der Waals surface area contributed by atoms with Crippen LogP contribution in [0.4, 0.5) is 10.1 Å². The Labute approximate surface area is 234 Å². The maximum Gasteiger partial charge on any atom is 0.243 e. The van der Waals surface area contributed by atoms with Gasteiger partial charge in [-0.15, -0.1) is 0 Å². The highest BCUT2D eigenvalue weighted by Crippen LogP contribution is 2.22. The predicted molar refractivity (Wildman–Crippen MR) is 152 cm³/mol. The van der Waals surface area contributed by atoms with Crippen LogP contribution in [0.1, 0.15) is 30.9 Å². The van der Waals surface area contributed by atoms with Crippen LogP contribution in [-0.2, 0) is 32.6 Å². The Bertz CT molecular complexity index is 1340. The Kier molecular flexibility index (Phi) is 10.9. The van der Waals surface area contributed by atoms with Crippen LogP contribution < -0.4 is 9.62 Å². The van der Waals surface area contributed by atoms with Crippen molar-refractivity contribution in [2.75, 3.05) is 23.7 Å². The minimum absolute atomic E-state index is 0.00546. The number of sulfonamides is 1. The zero-order valence-electron chi connectivity index (χ0n) is 22.0. The van der Waals surface area contributed by atoms with Crippen molar-refractivity contribution in [3.05, 3.63) is 101 Å². The van der Waals surface area contributed by atoms with Crippen LogP contribution in [0, 0.1) is 5.82 Å². The zero-order chi connectivity index (χ0) is 28.4. The second-order valence-electron chi connectivity index (χ2n) is 9.16. The van der Waals surface area contributed by atoms with Crippen LogP contribution >= 0.6 is 11.6 Å². The maximum absolute atomic E-state index is 13.7. The third-order valence-corrected chi connectivity index (χ3v) is 7.60. The molecule has 1 atom stereocenters. The summed E-state index contributed by atoms with van der Waals surface area (Å²) in [6.45, 7) is 2.37. The summed E-state index contributed by atoms with van der Waals surface area (Å²) in [5.74, 6) is -1.00. The molecule has 0 heterocycles. The lowest BCUT2D eigenvalue weighted by Crippen LogP contribution is -2.50. The van der Waals surface area contributed by atoms with Crippen LogP contribution in [0.2, 0.25) is 5.02 Å². The third-order valence-electron chi connectivity index (χ3n) is 6.16. The SMILES string of the molecule is CCNC(=O)[C@H](Cc1ccccc1)N(Cc1ccc(F)cc1)C(=O)CCCN(c1ccc(Cl)cc1)S(C)(=O)=O. The molecule has 0 aromatic heterocycles. The van der Waals surface area contributed by atoms with E-state index in [-0.39, 0.29) is 37.7 Å². The molecule has 0 aliphatic carbocycles. The Morgan fingerprint density at radius 2 is 1.59 bits per heavy atom. The normalized spacial score (nSPS) is 12.0. The largest absolute Gasteiger partial charge is 0.355 e. The van der Waals surface area contributed by atoms with E-state index in [1.165, 1.54) is 21.3 Å². The van der Waals surface area contributed by atoms with Gasteiger partial charge in [0.15, 0.2) is 0 Å². The summed E-state index contributed by atoms with van der Waals surface area (Å²) in [5.41, 5.74) is 2.00. The van der Waals surface area contributed by atoms with Gasteiger partial charge in [-0.2, -0.15) is 0 Å². The van der Waals surface area contributed by atoms with Crippen molar-refractivity contribution in [1.82, 2.24) is 10.2 Å². The highest BCUT2D eigenvalue weighted by Gasteiger charge is 2.30. The Morgan fingerprint density at radius 3 is 2.18 bits per heavy atom. The number of halogens is 2. The van der Waals surface area contributed by atoms with E-state index in [9.17, 15) is 22.4 Å². The van der Waals surface area contributed by atoms with E-state index in [1.54, 1.807) is 43.3 Å². The van der Waals surface area contributed by atoms with E-state index >= 15 is 0 Å². The molecule has 0 aliphatic heterocycles. The molecule has 0 radical (unpaired) electrons. The molecule has 3 rings (SSSR count). The lowest BCUT2D eigenvalue weighted by molar-refractivity contribution is -0.141. The van der Waals surface area contributed by atoms with Gasteiger partial charge >= 0.3 is 0 Å². The number of hydrogen-bond acceptors (Lipinski definition) is 4. The van der Waals surface area contributed by atoms with Crippen molar-refractivity contribution in [3.8, 4) is 0 Å². The van der Waals surface area contributed by atoms with Gasteiger partial charge in [0.05, 0.1) is 11.9 Å². The van der Waals surface area contributed by atoms with Gasteiger partial charge in [-0.3, -0.25) is 13.9 Å². The highest BCUT2D eigenvalue weighted by atomic mass is 35.5. The Balaban J connectivity index is 1.85. The number of hydrogen-bond donors (Lipinski definition) is 1. The van der Waals surface area contributed by atoms with Gasteiger partial charge in [-0.25, -0.2) is 12.8 Å². The molecule has 0 bridgehead atoms. The molecule has 0 aliphatic rings. The van der Waals surface area contributed by atoms with E-state index in [1.807, 2.05) is 30.3 Å². The molecule has 0 unspecified atom stereocenters. The number of nitrogens with one attached hydrogen (secondary N) is 1. The van der Waals surface area contributed by atoms with Crippen molar-refractivity contribution in [3.63, 3.8) is 0 Å². The molecule has 208 valence electrons. The first-order valence-electron chi connectivity index (χ1n) is 12.7. The van der Waals surface area contributed by atoms with Crippen LogP contribution in [-0.4, -0.2) is 50.5 Å². The Hall–Kier alpha value is -3.43. The van der Waals surface area contributed by atoms with Crippen LogP contribution in [0.3, 0.4) is 0 Å². The molecule has 7 nitrogen and oxygen atoms in total. The molecule has 1 N–H and O–H groups in total. The van der Waals surface area contributed by atoms with E-state index in [2.05, 4.69) is 5.32 Å². The minimum Gasteiger partial charge on any atom is -0.355 e. The lowest BCUT2D eigenvalue weighted by Gasteiger charge is -2.32. The number of carbonyl (C=O) groups excluding carboxylic acids is 2. The zero-order valence-corrected chi connectivity index (χ0v) is 23.6. The smallest absolute Gasteiger partial charge is 0.243 e. The van der Waals surface area contributed by atoms with Crippen molar-refractivity contribution < 1.29 is 22.4 Å². The fourth-order valence-electron chi connectivity index (χ4n) is 4.24. The third kappa shape index (κ3) is 9.07. The fourth-order valence-corrected chi connectivity index (χ4v) is 5.34. The number of anilines is 1. The lowest BCUT2D eigenvalue weighted by atomic mass is 10.0. The molecular weight excluding hydrogens is 541 g/mol. The molecule has 0 saturated carbocycles. The molecule has 0 fully saturated rings. The quantitative estimate of drug-likeness (QED) is 0.318. The first-order chi connectivity index (χ1) is 18.6. The van der Waals surface area contributed by atoms with E-state index < -0.39 is 21.9 Å². The summed E-state index contributed by atoms with van der Waals surface area (Å²) in [4.78, 5) is 28.4. The van der Waals surface area contributed by atoms with Crippen LogP contribution in [0.5, 0.6) is 0 Å². The summed E-state index contributed by atoms with van der Waals surface area (Å²) >= 11 is 5.95. The summed E-state index contributed by atoms with van der Waals surface area (Å²) in [7, 11) is -3.61. The number of amides is 2. The van der Waals surface area contributed by atoms with E-state index in [0.29, 0.717) is 29.2 Å². The summed E-state index contributed by atoms with van der Waals surface area (Å²) in [6.07, 6.45) is 1.63. The topological polar surface area (TPSA) is 86.8 Å². The first kappa shape index (κ1) is 30.1. The monoisotopic (exact) mass is 573 g/mol. The second kappa shape index (κ2) is 14.1. The molecule has 10 heteroatoms. The summed E-state index contributed by atoms with van der Waals surface area (Å²) in [5, 5.41) is 3.31. The number of likely N-dealkylation sites (N-methyl/N-ethyl adjacent to an activating group) is 1. The minimum atomic E-state index is -3.61. The highest BCUT2D eigenvalue weighted by molar-refractivity contribution is 7.92. The van der Waals surface area contributed by atoms with E-state index in [0.717, 1.165) is 11.8 Å². The standard InChI is InChI=1S/C29H33ClFN3O4S/c1-3-32-29(36)27(20-22-8-5-4-6-9-22)33(21-23-11-15-25(31)16-12-23)28(35)10-7-19-34(39(2,37)38)26-17-13-24(30)14-18-26/h4-6,8-9,11-18,27H,3,7,10,19-21H2,1-2H3,(H,32,36)/t27-/m0/s1. The van der Waals surface area contributed by atoms with Crippen molar-refractivity contribution in [1.29, 1.82) is 0 Å². The average molecular weight is 574 g/mol. The van der Waals surface area contributed by atoms with Gasteiger partial charge in [0, 0.05) is 37.5 Å². The Morgan fingerprint density at radius 1 is 0.949 bits per heavy atom. The number of nitrogens with zero attached hydrogens (tertiary/aromatic N) is 2. The maximum atomic E-state index is 13.7. The summed E-state index contributed by atoms with van der Waals surface area (Å²) < 4.78 is 39.7. The molecule has 39 heavy (non-hydrogen) atoms. The first-order valence-corrected chi connectivity index (χ1v) is 14.9. The molecular formula is C29H33ClFN3O4S. The fraction of sp³-hybridized carbons (Fsp3) is 0.310. The van der Waals surface area contributed by atoms with E-state index in [4.69, 9.17) is 11.6 Å². The predicted octanol–water partition coefficient (Wildman–Crippen LogP) is 4.80. The molecule has 3 aromatic rings. The van der Waals surface area contributed by atoms with Crippen molar-refractivity contribution in [2.45, 2.75) is 38.8 Å². The van der Waals surface area contributed by atoms with Crippen LogP contribution in [0.25, 0.3) is 0 Å². The van der Waals surface area contributed by atoms with Gasteiger partial charge in [-0.1, -0.05) is 54.1 Å². The number of rotatable bonds is 13. The van der Waals surface area contributed by atoms with Crippen molar-refractivity contribution >= 4 is 39.1 Å². The van der Waals surface area contributed by atoms with Gasteiger partial charge in [0.2, 0.25) is 21.8 Å². The molecule has 0 saturated heterocycles. The van der Waals surface area contributed by atoms with Gasteiger partial charge in [0.25, 0.3) is 0 Å². The number of benzene rings is 3.